The van der Waals surface area contributed by atoms with E-state index in [0.717, 1.165) is 0 Å². The standard InChI is InChI=1S/C20H16Cl2N2O4S/c1-28-15-8-10-16(11-9-15)29(26,27)24-14-5-2-4-13(12-14)20(25)23-19-17(21)6-3-7-18(19)22/h2-12,24H,1H3,(H,23,25). The Labute approximate surface area is 178 Å². The summed E-state index contributed by atoms with van der Waals surface area (Å²) in [7, 11) is -2.34. The fourth-order valence-corrected chi connectivity index (χ4v) is 4.04. The topological polar surface area (TPSA) is 84.5 Å². The van der Waals surface area contributed by atoms with Crippen molar-refractivity contribution >= 4 is 50.5 Å². The number of anilines is 2. The molecular formula is C20H16Cl2N2O4S. The number of amides is 1. The molecule has 0 aliphatic carbocycles. The molecule has 0 atom stereocenters. The van der Waals surface area contributed by atoms with Crippen LogP contribution in [0.4, 0.5) is 11.4 Å². The van der Waals surface area contributed by atoms with Crippen molar-refractivity contribution in [1.29, 1.82) is 0 Å². The SMILES string of the molecule is COc1ccc(S(=O)(=O)Nc2cccc(C(=O)Nc3c(Cl)cccc3Cl)c2)cc1. The number of hydrogen-bond donors (Lipinski definition) is 2. The molecule has 0 saturated carbocycles. The minimum Gasteiger partial charge on any atom is -0.497 e. The van der Waals surface area contributed by atoms with E-state index in [1.165, 1.54) is 25.3 Å². The van der Waals surface area contributed by atoms with Crippen molar-refractivity contribution in [2.24, 2.45) is 0 Å². The largest absolute Gasteiger partial charge is 0.497 e. The van der Waals surface area contributed by atoms with Crippen LogP contribution < -0.4 is 14.8 Å². The molecule has 0 fully saturated rings. The maximum atomic E-state index is 12.6. The molecule has 0 aromatic heterocycles. The summed E-state index contributed by atoms with van der Waals surface area (Å²) >= 11 is 12.1. The lowest BCUT2D eigenvalue weighted by Crippen LogP contribution is -2.15. The van der Waals surface area contributed by atoms with Gasteiger partial charge in [0, 0.05) is 11.3 Å². The lowest BCUT2D eigenvalue weighted by Gasteiger charge is -2.11. The van der Waals surface area contributed by atoms with Crippen molar-refractivity contribution < 1.29 is 17.9 Å². The summed E-state index contributed by atoms with van der Waals surface area (Å²) in [6.45, 7) is 0. The van der Waals surface area contributed by atoms with Gasteiger partial charge in [0.05, 0.1) is 27.7 Å². The maximum Gasteiger partial charge on any atom is 0.261 e. The second-order valence-electron chi connectivity index (χ2n) is 5.91. The van der Waals surface area contributed by atoms with Gasteiger partial charge >= 0.3 is 0 Å². The van der Waals surface area contributed by atoms with E-state index >= 15 is 0 Å². The molecule has 1 amide bonds. The van der Waals surface area contributed by atoms with Crippen molar-refractivity contribution in [2.75, 3.05) is 17.1 Å². The number of methoxy groups -OCH3 is 1. The quantitative estimate of drug-likeness (QED) is 0.549. The Bertz CT molecular complexity index is 1130. The molecule has 2 N–H and O–H groups in total. The smallest absolute Gasteiger partial charge is 0.261 e. The van der Waals surface area contributed by atoms with Crippen molar-refractivity contribution in [1.82, 2.24) is 0 Å². The predicted octanol–water partition coefficient (Wildman–Crippen LogP) is 5.06. The highest BCUT2D eigenvalue weighted by molar-refractivity contribution is 7.92. The van der Waals surface area contributed by atoms with Gasteiger partial charge in [-0.05, 0) is 54.6 Å². The van der Waals surface area contributed by atoms with E-state index in [9.17, 15) is 13.2 Å². The zero-order valence-corrected chi connectivity index (χ0v) is 17.5. The number of benzene rings is 3. The van der Waals surface area contributed by atoms with E-state index in [-0.39, 0.29) is 21.8 Å². The van der Waals surface area contributed by atoms with Crippen molar-refractivity contribution in [3.05, 3.63) is 82.3 Å². The molecule has 0 unspecified atom stereocenters. The first kappa shape index (κ1) is 21.0. The Morgan fingerprint density at radius 3 is 2.17 bits per heavy atom. The summed E-state index contributed by atoms with van der Waals surface area (Å²) in [6.07, 6.45) is 0. The van der Waals surface area contributed by atoms with Crippen LogP contribution in [-0.2, 0) is 10.0 Å². The lowest BCUT2D eigenvalue weighted by molar-refractivity contribution is 0.102. The number of sulfonamides is 1. The number of carbonyl (C=O) groups is 1. The molecule has 0 aliphatic heterocycles. The van der Waals surface area contributed by atoms with Crippen LogP contribution in [0.3, 0.4) is 0 Å². The molecule has 0 heterocycles. The number of carbonyl (C=O) groups excluding carboxylic acids is 1. The number of hydrogen-bond acceptors (Lipinski definition) is 4. The normalized spacial score (nSPS) is 11.0. The molecule has 150 valence electrons. The third-order valence-electron chi connectivity index (χ3n) is 3.95. The van der Waals surface area contributed by atoms with E-state index in [1.807, 2.05) is 0 Å². The van der Waals surface area contributed by atoms with Gasteiger partial charge in [0.15, 0.2) is 0 Å². The van der Waals surface area contributed by atoms with Gasteiger partial charge in [0.2, 0.25) is 0 Å². The van der Waals surface area contributed by atoms with Gasteiger partial charge in [-0.25, -0.2) is 8.42 Å². The van der Waals surface area contributed by atoms with E-state index in [0.29, 0.717) is 15.8 Å². The fraction of sp³-hybridized carbons (Fsp3) is 0.0500. The van der Waals surface area contributed by atoms with Crippen LogP contribution in [0.25, 0.3) is 0 Å². The monoisotopic (exact) mass is 450 g/mol. The minimum absolute atomic E-state index is 0.0657. The molecule has 9 heteroatoms. The molecule has 0 saturated heterocycles. The second-order valence-corrected chi connectivity index (χ2v) is 8.41. The van der Waals surface area contributed by atoms with Crippen LogP contribution in [0.2, 0.25) is 10.0 Å². The van der Waals surface area contributed by atoms with Gasteiger partial charge in [0.25, 0.3) is 15.9 Å². The molecule has 0 bridgehead atoms. The van der Waals surface area contributed by atoms with Crippen LogP contribution in [0.5, 0.6) is 5.75 Å². The van der Waals surface area contributed by atoms with Crippen LogP contribution in [-0.4, -0.2) is 21.4 Å². The second kappa shape index (κ2) is 8.73. The highest BCUT2D eigenvalue weighted by Crippen LogP contribution is 2.30. The number of rotatable bonds is 6. The Morgan fingerprint density at radius 2 is 1.55 bits per heavy atom. The van der Waals surface area contributed by atoms with Gasteiger partial charge in [0.1, 0.15) is 5.75 Å². The van der Waals surface area contributed by atoms with E-state index in [4.69, 9.17) is 27.9 Å². The Balaban J connectivity index is 1.80. The first-order valence-corrected chi connectivity index (χ1v) is 10.6. The maximum absolute atomic E-state index is 12.6. The van der Waals surface area contributed by atoms with Crippen LogP contribution in [0.1, 0.15) is 10.4 Å². The van der Waals surface area contributed by atoms with E-state index < -0.39 is 15.9 Å². The average Bonchev–Trinajstić information content (AvgIpc) is 2.70. The van der Waals surface area contributed by atoms with Gasteiger partial charge in [-0.3, -0.25) is 9.52 Å². The first-order chi connectivity index (χ1) is 13.8. The summed E-state index contributed by atoms with van der Waals surface area (Å²) in [6, 6.07) is 16.9. The molecule has 29 heavy (non-hydrogen) atoms. The molecule has 0 aliphatic rings. The zero-order chi connectivity index (χ0) is 21.0. The molecule has 3 rings (SSSR count). The van der Waals surface area contributed by atoms with E-state index in [1.54, 1.807) is 48.5 Å². The number of halogens is 2. The van der Waals surface area contributed by atoms with Gasteiger partial charge in [-0.15, -0.1) is 0 Å². The minimum atomic E-state index is -3.83. The van der Waals surface area contributed by atoms with Gasteiger partial charge in [-0.1, -0.05) is 35.3 Å². The predicted molar refractivity (Wildman–Crippen MR) is 115 cm³/mol. The van der Waals surface area contributed by atoms with Gasteiger partial charge < -0.3 is 10.1 Å². The first-order valence-electron chi connectivity index (χ1n) is 8.32. The van der Waals surface area contributed by atoms with Crippen molar-refractivity contribution in [3.63, 3.8) is 0 Å². The summed E-state index contributed by atoms with van der Waals surface area (Å²) in [5.41, 5.74) is 0.750. The molecule has 0 radical (unpaired) electrons. The van der Waals surface area contributed by atoms with Crippen LogP contribution in [0, 0.1) is 0 Å². The fourth-order valence-electron chi connectivity index (χ4n) is 2.50. The molecular weight excluding hydrogens is 435 g/mol. The Hall–Kier alpha value is -2.74. The lowest BCUT2D eigenvalue weighted by atomic mass is 10.2. The van der Waals surface area contributed by atoms with Gasteiger partial charge in [-0.2, -0.15) is 0 Å². The highest BCUT2D eigenvalue weighted by atomic mass is 35.5. The molecule has 0 spiro atoms. The van der Waals surface area contributed by atoms with Crippen molar-refractivity contribution in [2.45, 2.75) is 4.90 Å². The third-order valence-corrected chi connectivity index (χ3v) is 5.98. The number of para-hydroxylation sites is 1. The Kier molecular flexibility index (Phi) is 6.32. The van der Waals surface area contributed by atoms with E-state index in [2.05, 4.69) is 10.0 Å². The van der Waals surface area contributed by atoms with Crippen LogP contribution >= 0.6 is 23.2 Å². The van der Waals surface area contributed by atoms with Crippen molar-refractivity contribution in [3.8, 4) is 5.75 Å². The molecule has 3 aromatic rings. The van der Waals surface area contributed by atoms with Crippen LogP contribution in [0.15, 0.2) is 71.6 Å². The summed E-state index contributed by atoms with van der Waals surface area (Å²) < 4.78 is 32.6. The number of nitrogens with one attached hydrogen (secondary N) is 2. The highest BCUT2D eigenvalue weighted by Gasteiger charge is 2.16. The number of ether oxygens (including phenoxy) is 1. The molecule has 3 aromatic carbocycles. The Morgan fingerprint density at radius 1 is 0.931 bits per heavy atom. The summed E-state index contributed by atoms with van der Waals surface area (Å²) in [5.74, 6) is 0.0614. The zero-order valence-electron chi connectivity index (χ0n) is 15.1. The molecule has 6 nitrogen and oxygen atoms in total. The summed E-state index contributed by atoms with van der Waals surface area (Å²) in [5, 5.41) is 3.22. The third kappa shape index (κ3) is 5.00. The average molecular weight is 451 g/mol. The summed E-state index contributed by atoms with van der Waals surface area (Å²) in [4.78, 5) is 12.6.